The van der Waals surface area contributed by atoms with Gasteiger partial charge in [-0.15, -0.1) is 0 Å². The average Bonchev–Trinajstić information content (AvgIpc) is 3.09. The first-order chi connectivity index (χ1) is 7.88. The maximum atomic E-state index is 4.98. The third kappa shape index (κ3) is 3.66. The summed E-state index contributed by atoms with van der Waals surface area (Å²) in [5.41, 5.74) is 0. The molecule has 0 atom stereocenters. The fourth-order valence-electron chi connectivity index (χ4n) is 1.40. The van der Waals surface area contributed by atoms with Crippen molar-refractivity contribution < 1.29 is 4.74 Å². The molecule has 1 aromatic heterocycles. The molecule has 0 spiro atoms. The Morgan fingerprint density at radius 3 is 2.94 bits per heavy atom. The molecule has 2 rings (SSSR count). The van der Waals surface area contributed by atoms with Crippen molar-refractivity contribution in [1.82, 2.24) is 9.97 Å². The number of hydrogen-bond acceptors (Lipinski definition) is 5. The van der Waals surface area contributed by atoms with E-state index in [9.17, 15) is 0 Å². The van der Waals surface area contributed by atoms with E-state index in [2.05, 4.69) is 20.6 Å². The van der Waals surface area contributed by atoms with Crippen LogP contribution in [0.15, 0.2) is 12.4 Å². The second-order valence-corrected chi connectivity index (χ2v) is 3.98. The van der Waals surface area contributed by atoms with Crippen molar-refractivity contribution in [3.63, 3.8) is 0 Å². The summed E-state index contributed by atoms with van der Waals surface area (Å²) in [6.45, 7) is 1.64. The molecule has 1 aromatic rings. The third-order valence-corrected chi connectivity index (χ3v) is 2.43. The third-order valence-electron chi connectivity index (χ3n) is 2.43. The minimum absolute atomic E-state index is 0.622. The second kappa shape index (κ2) is 5.65. The van der Waals surface area contributed by atoms with E-state index in [0.29, 0.717) is 6.04 Å². The number of rotatable bonds is 7. The average molecular weight is 222 g/mol. The fraction of sp³-hybridized carbons (Fsp3) is 0.636. The summed E-state index contributed by atoms with van der Waals surface area (Å²) in [7, 11) is 1.71. The molecule has 0 saturated heterocycles. The van der Waals surface area contributed by atoms with Crippen LogP contribution in [-0.2, 0) is 4.74 Å². The molecule has 0 bridgehead atoms. The first-order valence-electron chi connectivity index (χ1n) is 5.70. The summed E-state index contributed by atoms with van der Waals surface area (Å²) in [4.78, 5) is 8.34. The van der Waals surface area contributed by atoms with Crippen molar-refractivity contribution in [2.24, 2.45) is 0 Å². The molecular formula is C11H18N4O. The van der Waals surface area contributed by atoms with Crippen molar-refractivity contribution in [1.29, 1.82) is 0 Å². The lowest BCUT2D eigenvalue weighted by Crippen LogP contribution is -2.08. The Balaban J connectivity index is 1.78. The zero-order valence-electron chi connectivity index (χ0n) is 9.57. The van der Waals surface area contributed by atoms with Crippen molar-refractivity contribution in [2.75, 3.05) is 30.9 Å². The van der Waals surface area contributed by atoms with Crippen LogP contribution in [0.3, 0.4) is 0 Å². The van der Waals surface area contributed by atoms with Crippen molar-refractivity contribution in [3.8, 4) is 0 Å². The lowest BCUT2D eigenvalue weighted by Gasteiger charge is -2.07. The van der Waals surface area contributed by atoms with Crippen LogP contribution < -0.4 is 10.6 Å². The molecule has 0 unspecified atom stereocenters. The van der Waals surface area contributed by atoms with Gasteiger partial charge in [0.15, 0.2) is 0 Å². The molecule has 1 aliphatic rings. The zero-order valence-corrected chi connectivity index (χ0v) is 9.57. The molecule has 0 aliphatic heterocycles. The van der Waals surface area contributed by atoms with Gasteiger partial charge in [0.05, 0.1) is 0 Å². The van der Waals surface area contributed by atoms with Crippen LogP contribution in [0.4, 0.5) is 11.6 Å². The maximum Gasteiger partial charge on any atom is 0.131 e. The van der Waals surface area contributed by atoms with Crippen LogP contribution >= 0.6 is 0 Å². The highest BCUT2D eigenvalue weighted by atomic mass is 16.5. The van der Waals surface area contributed by atoms with Gasteiger partial charge in [-0.1, -0.05) is 0 Å². The molecule has 1 fully saturated rings. The molecule has 0 radical (unpaired) electrons. The molecular weight excluding hydrogens is 204 g/mol. The van der Waals surface area contributed by atoms with Crippen LogP contribution in [-0.4, -0.2) is 36.3 Å². The van der Waals surface area contributed by atoms with Gasteiger partial charge in [0.2, 0.25) is 0 Å². The number of anilines is 2. The van der Waals surface area contributed by atoms with E-state index in [1.165, 1.54) is 12.8 Å². The molecule has 5 nitrogen and oxygen atoms in total. The largest absolute Gasteiger partial charge is 0.385 e. The van der Waals surface area contributed by atoms with Crippen LogP contribution in [0, 0.1) is 0 Å². The normalized spacial score (nSPS) is 14.8. The Kier molecular flexibility index (Phi) is 3.93. The Labute approximate surface area is 95.6 Å². The molecule has 5 heteroatoms. The summed E-state index contributed by atoms with van der Waals surface area (Å²) in [5.74, 6) is 1.78. The van der Waals surface area contributed by atoms with Crippen molar-refractivity contribution in [2.45, 2.75) is 25.3 Å². The first-order valence-corrected chi connectivity index (χ1v) is 5.70. The summed E-state index contributed by atoms with van der Waals surface area (Å²) in [5, 5.41) is 6.58. The smallest absolute Gasteiger partial charge is 0.131 e. The SMILES string of the molecule is COCCCNc1cc(NC2CC2)ncn1. The molecule has 16 heavy (non-hydrogen) atoms. The molecule has 1 heterocycles. The van der Waals surface area contributed by atoms with Crippen LogP contribution in [0.5, 0.6) is 0 Å². The Bertz CT molecular complexity index is 328. The Morgan fingerprint density at radius 1 is 1.38 bits per heavy atom. The number of nitrogens with one attached hydrogen (secondary N) is 2. The maximum absolute atomic E-state index is 4.98. The van der Waals surface area contributed by atoms with Crippen LogP contribution in [0.2, 0.25) is 0 Å². The monoisotopic (exact) mass is 222 g/mol. The highest BCUT2D eigenvalue weighted by molar-refractivity contribution is 5.47. The summed E-state index contributed by atoms with van der Waals surface area (Å²) in [6, 6.07) is 2.57. The van der Waals surface area contributed by atoms with Gasteiger partial charge < -0.3 is 15.4 Å². The number of ether oxygens (including phenoxy) is 1. The molecule has 1 saturated carbocycles. The van der Waals surface area contributed by atoms with Gasteiger partial charge in [-0.2, -0.15) is 0 Å². The number of methoxy groups -OCH3 is 1. The molecule has 1 aliphatic carbocycles. The minimum Gasteiger partial charge on any atom is -0.385 e. The number of nitrogens with zero attached hydrogens (tertiary/aromatic N) is 2. The summed E-state index contributed by atoms with van der Waals surface area (Å²) < 4.78 is 4.98. The van der Waals surface area contributed by atoms with E-state index in [-0.39, 0.29) is 0 Å². The standard InChI is InChI=1S/C11H18N4O/c1-16-6-2-5-12-10-7-11(14-8-13-10)15-9-3-4-9/h7-9H,2-6H2,1H3,(H2,12,13,14,15). The lowest BCUT2D eigenvalue weighted by atomic mass is 10.4. The Hall–Kier alpha value is -1.36. The Morgan fingerprint density at radius 2 is 2.19 bits per heavy atom. The van der Waals surface area contributed by atoms with E-state index in [1.54, 1.807) is 13.4 Å². The first kappa shape index (κ1) is 11.1. The summed E-state index contributed by atoms with van der Waals surface area (Å²) >= 11 is 0. The minimum atomic E-state index is 0.622. The molecule has 88 valence electrons. The number of hydrogen-bond donors (Lipinski definition) is 2. The van der Waals surface area contributed by atoms with E-state index in [1.807, 2.05) is 6.07 Å². The van der Waals surface area contributed by atoms with Gasteiger partial charge in [-0.25, -0.2) is 9.97 Å². The van der Waals surface area contributed by atoms with Gasteiger partial charge in [-0.05, 0) is 19.3 Å². The summed E-state index contributed by atoms with van der Waals surface area (Å²) in [6.07, 6.45) is 5.07. The van der Waals surface area contributed by atoms with E-state index in [0.717, 1.165) is 31.2 Å². The highest BCUT2D eigenvalue weighted by Crippen LogP contribution is 2.23. The topological polar surface area (TPSA) is 59.1 Å². The molecule has 2 N–H and O–H groups in total. The van der Waals surface area contributed by atoms with Gasteiger partial charge in [0.1, 0.15) is 18.0 Å². The molecule has 0 amide bonds. The van der Waals surface area contributed by atoms with Gasteiger partial charge in [-0.3, -0.25) is 0 Å². The van der Waals surface area contributed by atoms with Gasteiger partial charge in [0.25, 0.3) is 0 Å². The zero-order chi connectivity index (χ0) is 11.2. The molecule has 0 aromatic carbocycles. The lowest BCUT2D eigenvalue weighted by molar-refractivity contribution is 0.198. The van der Waals surface area contributed by atoms with Crippen LogP contribution in [0.25, 0.3) is 0 Å². The number of aromatic nitrogens is 2. The van der Waals surface area contributed by atoms with Gasteiger partial charge >= 0.3 is 0 Å². The van der Waals surface area contributed by atoms with E-state index in [4.69, 9.17) is 4.74 Å². The van der Waals surface area contributed by atoms with Crippen molar-refractivity contribution >= 4 is 11.6 Å². The van der Waals surface area contributed by atoms with E-state index < -0.39 is 0 Å². The second-order valence-electron chi connectivity index (χ2n) is 3.98. The fourth-order valence-corrected chi connectivity index (χ4v) is 1.40. The van der Waals surface area contributed by atoms with E-state index >= 15 is 0 Å². The highest BCUT2D eigenvalue weighted by Gasteiger charge is 2.21. The van der Waals surface area contributed by atoms with Crippen molar-refractivity contribution in [3.05, 3.63) is 12.4 Å². The van der Waals surface area contributed by atoms with Crippen LogP contribution in [0.1, 0.15) is 19.3 Å². The predicted octanol–water partition coefficient (Wildman–Crippen LogP) is 1.50. The quantitative estimate of drug-likeness (QED) is 0.685. The van der Waals surface area contributed by atoms with Gasteiger partial charge in [0, 0.05) is 32.4 Å². The predicted molar refractivity (Wildman–Crippen MR) is 63.7 cm³/mol.